The first-order valence-electron chi connectivity index (χ1n) is 5.11. The van der Waals surface area contributed by atoms with E-state index in [1.165, 1.54) is 0 Å². The number of amides is 1. The molecule has 2 heterocycles. The Hall–Kier alpha value is -1.95. The molecule has 2 aromatic heterocycles. The highest BCUT2D eigenvalue weighted by molar-refractivity contribution is 5.99. The third-order valence-corrected chi connectivity index (χ3v) is 2.35. The van der Waals surface area contributed by atoms with Gasteiger partial charge < -0.3 is 0 Å². The number of hydrogen-bond donors (Lipinski definition) is 2. The zero-order chi connectivity index (χ0) is 11.5. The molecule has 1 amide bonds. The van der Waals surface area contributed by atoms with E-state index in [2.05, 4.69) is 22.5 Å². The smallest absolute Gasteiger partial charge is 0.269 e. The number of hydrazine groups is 1. The molecule has 2 rings (SSSR count). The maximum Gasteiger partial charge on any atom is 0.269 e. The van der Waals surface area contributed by atoms with E-state index in [9.17, 15) is 4.79 Å². The Morgan fingerprint density at radius 3 is 3.06 bits per heavy atom. The fourth-order valence-corrected chi connectivity index (χ4v) is 1.61. The molecule has 0 bridgehead atoms. The fraction of sp³-hybridized carbons (Fsp3) is 0.300. The second-order valence-electron chi connectivity index (χ2n) is 3.46. The second kappa shape index (κ2) is 4.28. The Bertz CT molecular complexity index is 519. The number of nitrogens with zero attached hydrogens (tertiary/aromatic N) is 3. The van der Waals surface area contributed by atoms with Gasteiger partial charge in [-0.2, -0.15) is 0 Å². The Kier molecular flexibility index (Phi) is 2.82. The maximum absolute atomic E-state index is 11.5. The lowest BCUT2D eigenvalue weighted by atomic mass is 10.2. The molecule has 2 aromatic rings. The summed E-state index contributed by atoms with van der Waals surface area (Å²) in [6.07, 6.45) is 3.65. The van der Waals surface area contributed by atoms with Crippen LogP contribution in [0.15, 0.2) is 18.3 Å². The summed E-state index contributed by atoms with van der Waals surface area (Å²) in [7, 11) is 0. The molecule has 3 N–H and O–H groups in total. The van der Waals surface area contributed by atoms with Crippen LogP contribution in [0.5, 0.6) is 0 Å². The largest absolute Gasteiger partial charge is 0.290 e. The predicted octanol–water partition coefficient (Wildman–Crippen LogP) is 0.285. The number of nitrogens with one attached hydrogen (secondary N) is 1. The van der Waals surface area contributed by atoms with Gasteiger partial charge in [-0.3, -0.25) is 14.6 Å². The van der Waals surface area contributed by atoms with Crippen LogP contribution in [-0.2, 0) is 6.42 Å². The number of rotatable bonds is 3. The highest BCUT2D eigenvalue weighted by atomic mass is 16.2. The highest BCUT2D eigenvalue weighted by Gasteiger charge is 2.13. The quantitative estimate of drug-likeness (QED) is 0.441. The van der Waals surface area contributed by atoms with Crippen molar-refractivity contribution in [2.45, 2.75) is 19.8 Å². The molecule has 0 fully saturated rings. The molecule has 0 saturated heterocycles. The monoisotopic (exact) mass is 219 g/mol. The number of nitrogens with two attached hydrogens (primary N) is 1. The van der Waals surface area contributed by atoms with Crippen molar-refractivity contribution in [3.63, 3.8) is 0 Å². The zero-order valence-corrected chi connectivity index (χ0v) is 8.97. The van der Waals surface area contributed by atoms with Crippen LogP contribution in [0, 0.1) is 0 Å². The number of nitrogen functional groups attached to an aromatic ring is 1. The average Bonchev–Trinajstić information content (AvgIpc) is 2.72. The number of carbonyl (C=O) groups excluding carboxylic acids is 1. The molecule has 0 saturated carbocycles. The van der Waals surface area contributed by atoms with Crippen molar-refractivity contribution in [1.29, 1.82) is 0 Å². The summed E-state index contributed by atoms with van der Waals surface area (Å²) >= 11 is 0. The van der Waals surface area contributed by atoms with Gasteiger partial charge in [-0.15, -0.1) is 10.2 Å². The van der Waals surface area contributed by atoms with Crippen LogP contribution in [0.25, 0.3) is 5.65 Å². The van der Waals surface area contributed by atoms with Gasteiger partial charge in [0.05, 0.1) is 5.56 Å². The molecule has 6 heteroatoms. The van der Waals surface area contributed by atoms with Crippen molar-refractivity contribution in [3.05, 3.63) is 29.7 Å². The van der Waals surface area contributed by atoms with Gasteiger partial charge in [0.25, 0.3) is 5.91 Å². The molecule has 16 heavy (non-hydrogen) atoms. The van der Waals surface area contributed by atoms with Gasteiger partial charge in [-0.1, -0.05) is 6.92 Å². The Balaban J connectivity index is 2.57. The standard InChI is InChI=1S/C10H13N5O/c1-2-4-8-13-14-9-7(10(16)12-11)5-3-6-15(8)9/h3,5-6H,2,4,11H2,1H3,(H,12,16). The fourth-order valence-electron chi connectivity index (χ4n) is 1.61. The summed E-state index contributed by atoms with van der Waals surface area (Å²) in [6, 6.07) is 3.45. The number of pyridine rings is 1. The number of hydrogen-bond acceptors (Lipinski definition) is 4. The zero-order valence-electron chi connectivity index (χ0n) is 8.97. The minimum absolute atomic E-state index is 0.360. The van der Waals surface area contributed by atoms with Crippen LogP contribution in [0.3, 0.4) is 0 Å². The summed E-state index contributed by atoms with van der Waals surface area (Å²) in [6.45, 7) is 2.07. The number of aryl methyl sites for hydroxylation is 1. The Morgan fingerprint density at radius 1 is 1.56 bits per heavy atom. The van der Waals surface area contributed by atoms with Crippen LogP contribution >= 0.6 is 0 Å². The van der Waals surface area contributed by atoms with E-state index in [0.29, 0.717) is 11.2 Å². The predicted molar refractivity (Wildman–Crippen MR) is 58.6 cm³/mol. The van der Waals surface area contributed by atoms with Gasteiger partial charge in [-0.05, 0) is 18.6 Å². The van der Waals surface area contributed by atoms with E-state index < -0.39 is 0 Å². The summed E-state index contributed by atoms with van der Waals surface area (Å²) in [4.78, 5) is 11.5. The van der Waals surface area contributed by atoms with Gasteiger partial charge in [0.15, 0.2) is 5.65 Å². The van der Waals surface area contributed by atoms with Gasteiger partial charge in [-0.25, -0.2) is 5.84 Å². The third-order valence-electron chi connectivity index (χ3n) is 2.35. The molecule has 0 aliphatic carbocycles. The van der Waals surface area contributed by atoms with E-state index in [0.717, 1.165) is 18.7 Å². The van der Waals surface area contributed by atoms with Gasteiger partial charge in [0.2, 0.25) is 0 Å². The van der Waals surface area contributed by atoms with Gasteiger partial charge in [0.1, 0.15) is 5.82 Å². The van der Waals surface area contributed by atoms with Crippen molar-refractivity contribution >= 4 is 11.6 Å². The van der Waals surface area contributed by atoms with Crippen LogP contribution in [-0.4, -0.2) is 20.5 Å². The van der Waals surface area contributed by atoms with Gasteiger partial charge in [0, 0.05) is 12.6 Å². The van der Waals surface area contributed by atoms with E-state index in [-0.39, 0.29) is 5.91 Å². The molecule has 84 valence electrons. The van der Waals surface area contributed by atoms with Crippen molar-refractivity contribution < 1.29 is 4.79 Å². The summed E-state index contributed by atoms with van der Waals surface area (Å²) < 4.78 is 1.81. The SMILES string of the molecule is CCCc1nnc2c(C(=O)NN)cccn12. The van der Waals surface area contributed by atoms with Crippen LogP contribution in [0.4, 0.5) is 0 Å². The van der Waals surface area contributed by atoms with E-state index in [4.69, 9.17) is 5.84 Å². The molecular weight excluding hydrogens is 206 g/mol. The molecule has 0 radical (unpaired) electrons. The van der Waals surface area contributed by atoms with E-state index in [1.54, 1.807) is 12.1 Å². The Labute approximate surface area is 92.4 Å². The van der Waals surface area contributed by atoms with Crippen LogP contribution in [0.2, 0.25) is 0 Å². The maximum atomic E-state index is 11.5. The molecule has 6 nitrogen and oxygen atoms in total. The number of fused-ring (bicyclic) bond motifs is 1. The minimum atomic E-state index is -0.360. The van der Waals surface area contributed by atoms with Crippen LogP contribution in [0.1, 0.15) is 29.5 Å². The summed E-state index contributed by atoms with van der Waals surface area (Å²) in [5, 5.41) is 8.06. The number of aromatic nitrogens is 3. The van der Waals surface area contributed by atoms with Gasteiger partial charge >= 0.3 is 0 Å². The molecule has 0 aliphatic rings. The lowest BCUT2D eigenvalue weighted by Gasteiger charge is -2.02. The van der Waals surface area contributed by atoms with Crippen molar-refractivity contribution in [2.24, 2.45) is 5.84 Å². The van der Waals surface area contributed by atoms with Crippen molar-refractivity contribution in [3.8, 4) is 0 Å². The third kappa shape index (κ3) is 1.63. The summed E-state index contributed by atoms with van der Waals surface area (Å²) in [5.74, 6) is 5.59. The number of carbonyl (C=O) groups is 1. The summed E-state index contributed by atoms with van der Waals surface area (Å²) in [5.41, 5.74) is 3.06. The second-order valence-corrected chi connectivity index (χ2v) is 3.46. The average molecular weight is 219 g/mol. The highest BCUT2D eigenvalue weighted by Crippen LogP contribution is 2.10. The van der Waals surface area contributed by atoms with Crippen LogP contribution < -0.4 is 11.3 Å². The first-order valence-corrected chi connectivity index (χ1v) is 5.11. The molecule has 0 aromatic carbocycles. The normalized spacial score (nSPS) is 10.6. The minimum Gasteiger partial charge on any atom is -0.290 e. The molecule has 0 atom stereocenters. The molecular formula is C10H13N5O. The first kappa shape index (κ1) is 10.6. The van der Waals surface area contributed by atoms with Crippen molar-refractivity contribution in [1.82, 2.24) is 20.0 Å². The van der Waals surface area contributed by atoms with E-state index in [1.807, 2.05) is 10.6 Å². The Morgan fingerprint density at radius 2 is 2.38 bits per heavy atom. The molecule has 0 unspecified atom stereocenters. The first-order chi connectivity index (χ1) is 7.77. The van der Waals surface area contributed by atoms with Crippen molar-refractivity contribution in [2.75, 3.05) is 0 Å². The lowest BCUT2D eigenvalue weighted by Crippen LogP contribution is -2.30. The molecule has 0 aliphatic heterocycles. The molecule has 0 spiro atoms. The van der Waals surface area contributed by atoms with E-state index >= 15 is 0 Å². The lowest BCUT2D eigenvalue weighted by molar-refractivity contribution is 0.0955. The topological polar surface area (TPSA) is 85.3 Å².